The summed E-state index contributed by atoms with van der Waals surface area (Å²) in [4.78, 5) is 14.0. The van der Waals surface area contributed by atoms with Gasteiger partial charge in [-0.15, -0.1) is 0 Å². The molecule has 0 aliphatic carbocycles. The van der Waals surface area contributed by atoms with Crippen LogP contribution in [0.15, 0.2) is 0 Å². The Balaban J connectivity index is 4.15. The summed E-state index contributed by atoms with van der Waals surface area (Å²) in [6.07, 6.45) is 6.89. The lowest BCUT2D eigenvalue weighted by molar-refractivity contribution is -0.148. The number of nitrogens with one attached hydrogen (secondary N) is 1. The maximum absolute atomic E-state index is 11.9. The predicted molar refractivity (Wildman–Crippen MR) is 80.4 cm³/mol. The summed E-state index contributed by atoms with van der Waals surface area (Å²) < 4.78 is 4.94. The summed E-state index contributed by atoms with van der Waals surface area (Å²) in [6, 6.07) is 0. The Bertz CT molecular complexity index is 244. The Hall–Kier alpha value is -0.610. The first-order chi connectivity index (χ1) is 8.96. The number of carbonyl (C=O) groups is 1. The third kappa shape index (κ3) is 8.22. The van der Waals surface area contributed by atoms with Crippen LogP contribution in [0.25, 0.3) is 0 Å². The van der Waals surface area contributed by atoms with E-state index in [1.54, 1.807) is 0 Å². The van der Waals surface area contributed by atoms with E-state index in [1.165, 1.54) is 32.8 Å². The van der Waals surface area contributed by atoms with Gasteiger partial charge in [0.25, 0.3) is 0 Å². The van der Waals surface area contributed by atoms with E-state index >= 15 is 0 Å². The van der Waals surface area contributed by atoms with Crippen LogP contribution >= 0.6 is 0 Å². The number of carbonyl (C=O) groups excluding carboxylic acids is 1. The number of esters is 1. The molecule has 0 aliphatic rings. The van der Waals surface area contributed by atoms with Gasteiger partial charge in [-0.25, -0.2) is 0 Å². The molecule has 0 fully saturated rings. The van der Waals surface area contributed by atoms with Crippen LogP contribution in [0.2, 0.25) is 0 Å². The number of ether oxygens (including phenoxy) is 1. The van der Waals surface area contributed by atoms with E-state index in [4.69, 9.17) is 4.74 Å². The van der Waals surface area contributed by atoms with Gasteiger partial charge in [-0.2, -0.15) is 0 Å². The van der Waals surface area contributed by atoms with Crippen molar-refractivity contribution < 1.29 is 9.53 Å². The molecule has 114 valence electrons. The number of methoxy groups -OCH3 is 1. The third-order valence-corrected chi connectivity index (χ3v) is 3.49. The lowest BCUT2D eigenvalue weighted by Crippen LogP contribution is -2.51. The van der Waals surface area contributed by atoms with Gasteiger partial charge in [-0.3, -0.25) is 4.79 Å². The molecule has 1 atom stereocenters. The molecule has 0 radical (unpaired) electrons. The van der Waals surface area contributed by atoms with Crippen LogP contribution in [-0.4, -0.2) is 50.7 Å². The first-order valence-electron chi connectivity index (χ1n) is 7.44. The van der Waals surface area contributed by atoms with Gasteiger partial charge in [0.2, 0.25) is 0 Å². The van der Waals surface area contributed by atoms with Gasteiger partial charge in [0.1, 0.15) is 5.54 Å². The highest BCUT2D eigenvalue weighted by atomic mass is 16.5. The van der Waals surface area contributed by atoms with Crippen molar-refractivity contribution in [1.29, 1.82) is 0 Å². The highest BCUT2D eigenvalue weighted by Gasteiger charge is 2.32. The second-order valence-corrected chi connectivity index (χ2v) is 5.72. The fourth-order valence-electron chi connectivity index (χ4n) is 2.13. The maximum Gasteiger partial charge on any atom is 0.325 e. The summed E-state index contributed by atoms with van der Waals surface area (Å²) in [6.45, 7) is 5.88. The van der Waals surface area contributed by atoms with Crippen LogP contribution in [0.4, 0.5) is 0 Å². The molecule has 0 aliphatic heterocycles. The fraction of sp³-hybridized carbons (Fsp3) is 0.933. The number of rotatable bonds is 11. The quantitative estimate of drug-likeness (QED) is 0.463. The Morgan fingerprint density at radius 3 is 2.37 bits per heavy atom. The van der Waals surface area contributed by atoms with Crippen LogP contribution in [0.5, 0.6) is 0 Å². The second-order valence-electron chi connectivity index (χ2n) is 5.72. The molecule has 1 unspecified atom stereocenters. The van der Waals surface area contributed by atoms with Gasteiger partial charge in [0.15, 0.2) is 0 Å². The minimum Gasteiger partial charge on any atom is -0.468 e. The summed E-state index contributed by atoms with van der Waals surface area (Å²) in [7, 11) is 5.52. The molecule has 0 saturated heterocycles. The van der Waals surface area contributed by atoms with Crippen LogP contribution in [0, 0.1) is 0 Å². The fourth-order valence-corrected chi connectivity index (χ4v) is 2.13. The Morgan fingerprint density at radius 1 is 1.21 bits per heavy atom. The summed E-state index contributed by atoms with van der Waals surface area (Å²) in [5.74, 6) is -0.151. The van der Waals surface area contributed by atoms with E-state index in [0.717, 1.165) is 25.9 Å². The topological polar surface area (TPSA) is 41.6 Å². The average Bonchev–Trinajstić information content (AvgIpc) is 2.37. The van der Waals surface area contributed by atoms with Crippen molar-refractivity contribution in [3.8, 4) is 0 Å². The molecule has 0 aromatic heterocycles. The zero-order valence-electron chi connectivity index (χ0n) is 13.4. The molecule has 0 spiro atoms. The van der Waals surface area contributed by atoms with Gasteiger partial charge in [-0.1, -0.05) is 39.0 Å². The smallest absolute Gasteiger partial charge is 0.325 e. The van der Waals surface area contributed by atoms with Crippen LogP contribution in [-0.2, 0) is 9.53 Å². The second kappa shape index (κ2) is 10.2. The summed E-state index contributed by atoms with van der Waals surface area (Å²) in [5, 5.41) is 3.35. The third-order valence-electron chi connectivity index (χ3n) is 3.49. The molecule has 4 heteroatoms. The van der Waals surface area contributed by atoms with Crippen molar-refractivity contribution in [1.82, 2.24) is 10.2 Å². The van der Waals surface area contributed by atoms with Crippen molar-refractivity contribution in [3.05, 3.63) is 0 Å². The largest absolute Gasteiger partial charge is 0.468 e. The van der Waals surface area contributed by atoms with Crippen molar-refractivity contribution in [3.63, 3.8) is 0 Å². The predicted octanol–water partition coefficient (Wildman–Crippen LogP) is 2.43. The Labute approximate surface area is 118 Å². The molecular weight excluding hydrogens is 240 g/mol. The zero-order valence-corrected chi connectivity index (χ0v) is 13.4. The number of unbranched alkanes of at least 4 members (excludes halogenated alkanes) is 4. The molecule has 0 aromatic rings. The van der Waals surface area contributed by atoms with E-state index < -0.39 is 5.54 Å². The van der Waals surface area contributed by atoms with Gasteiger partial charge >= 0.3 is 5.97 Å². The van der Waals surface area contributed by atoms with E-state index in [0.29, 0.717) is 0 Å². The summed E-state index contributed by atoms with van der Waals surface area (Å²) in [5.41, 5.74) is -0.545. The number of likely N-dealkylation sites (N-methyl/N-ethyl adjacent to an activating group) is 1. The molecule has 0 amide bonds. The molecule has 19 heavy (non-hydrogen) atoms. The molecular formula is C15H32N2O2. The summed E-state index contributed by atoms with van der Waals surface area (Å²) >= 11 is 0. The SMILES string of the molecule is CCCCCCCC(C)(NCCN(C)C)C(=O)OC. The molecule has 1 N–H and O–H groups in total. The van der Waals surface area contributed by atoms with E-state index in [-0.39, 0.29) is 5.97 Å². The number of hydrogen-bond acceptors (Lipinski definition) is 4. The monoisotopic (exact) mass is 272 g/mol. The lowest BCUT2D eigenvalue weighted by Gasteiger charge is -2.28. The average molecular weight is 272 g/mol. The van der Waals surface area contributed by atoms with Gasteiger partial charge in [0.05, 0.1) is 7.11 Å². The Kier molecular flexibility index (Phi) is 9.88. The van der Waals surface area contributed by atoms with Gasteiger partial charge < -0.3 is 15.0 Å². The molecule has 4 nitrogen and oxygen atoms in total. The van der Waals surface area contributed by atoms with Crippen molar-refractivity contribution in [2.45, 2.75) is 57.9 Å². The van der Waals surface area contributed by atoms with E-state index in [2.05, 4.69) is 17.1 Å². The minimum atomic E-state index is -0.545. The van der Waals surface area contributed by atoms with Crippen molar-refractivity contribution in [2.75, 3.05) is 34.3 Å². The minimum absolute atomic E-state index is 0.151. The van der Waals surface area contributed by atoms with Gasteiger partial charge in [0, 0.05) is 13.1 Å². The molecule has 0 bridgehead atoms. The lowest BCUT2D eigenvalue weighted by atomic mass is 9.94. The number of hydrogen-bond donors (Lipinski definition) is 1. The first-order valence-corrected chi connectivity index (χ1v) is 7.44. The van der Waals surface area contributed by atoms with Crippen LogP contribution in [0.3, 0.4) is 0 Å². The Morgan fingerprint density at radius 2 is 1.84 bits per heavy atom. The molecule has 0 aromatic carbocycles. The molecule has 0 saturated carbocycles. The van der Waals surface area contributed by atoms with Gasteiger partial charge in [-0.05, 0) is 27.4 Å². The highest BCUT2D eigenvalue weighted by Crippen LogP contribution is 2.17. The maximum atomic E-state index is 11.9. The van der Waals surface area contributed by atoms with Crippen molar-refractivity contribution >= 4 is 5.97 Å². The van der Waals surface area contributed by atoms with Crippen LogP contribution < -0.4 is 5.32 Å². The normalized spacial score (nSPS) is 14.4. The molecule has 0 heterocycles. The van der Waals surface area contributed by atoms with E-state index in [9.17, 15) is 4.79 Å². The molecule has 0 rings (SSSR count). The zero-order chi connectivity index (χ0) is 14.7. The standard InChI is InChI=1S/C15H32N2O2/c1-6-7-8-9-10-11-15(2,14(18)19-5)16-12-13-17(3)4/h16H,6-13H2,1-5H3. The first kappa shape index (κ1) is 18.4. The van der Waals surface area contributed by atoms with Crippen LogP contribution in [0.1, 0.15) is 52.4 Å². The number of nitrogens with zero attached hydrogens (tertiary/aromatic N) is 1. The van der Waals surface area contributed by atoms with Crippen molar-refractivity contribution in [2.24, 2.45) is 0 Å². The van der Waals surface area contributed by atoms with E-state index in [1.807, 2.05) is 21.0 Å². The highest BCUT2D eigenvalue weighted by molar-refractivity contribution is 5.80.